The lowest BCUT2D eigenvalue weighted by molar-refractivity contribution is -0.123. The Labute approximate surface area is 148 Å². The zero-order valence-corrected chi connectivity index (χ0v) is 14.2. The van der Waals surface area contributed by atoms with Gasteiger partial charge in [0.2, 0.25) is 11.8 Å². The molecule has 0 saturated carbocycles. The van der Waals surface area contributed by atoms with Crippen LogP contribution in [0.2, 0.25) is 0 Å². The van der Waals surface area contributed by atoms with E-state index in [1.165, 1.54) is 24.2 Å². The highest BCUT2D eigenvalue weighted by Gasteiger charge is 2.30. The molecule has 1 atom stereocenters. The summed E-state index contributed by atoms with van der Waals surface area (Å²) in [6.07, 6.45) is 3.04. The maximum Gasteiger partial charge on any atom is 0.238 e. The van der Waals surface area contributed by atoms with E-state index in [2.05, 4.69) is 20.8 Å². The van der Waals surface area contributed by atoms with E-state index in [9.17, 15) is 9.59 Å². The number of aryl methyl sites for hydroxylation is 1. The summed E-state index contributed by atoms with van der Waals surface area (Å²) in [6.45, 7) is 1.94. The number of carbonyl (C=O) groups is 2. The fraction of sp³-hybridized carbons (Fsp3) is 0.176. The molecule has 0 unspecified atom stereocenters. The Morgan fingerprint density at radius 1 is 1.40 bits per heavy atom. The number of carbonyl (C=O) groups excluding carboxylic acids is 2. The SMILES string of the molecule is Cc1cccc(NC(=O)[C@H]2CC(=O)N/C(=N\N=C/c3ccco3)S2)c1. The van der Waals surface area contributed by atoms with Crippen molar-refractivity contribution >= 4 is 40.6 Å². The minimum absolute atomic E-state index is 0.0865. The second-order valence-electron chi connectivity index (χ2n) is 5.38. The fourth-order valence-corrected chi connectivity index (χ4v) is 3.13. The lowest BCUT2D eigenvalue weighted by atomic mass is 10.2. The predicted octanol–water partition coefficient (Wildman–Crippen LogP) is 2.54. The van der Waals surface area contributed by atoms with Crippen molar-refractivity contribution in [3.8, 4) is 0 Å². The Kier molecular flexibility index (Phi) is 5.30. The molecule has 8 heteroatoms. The van der Waals surface area contributed by atoms with E-state index in [1.807, 2.05) is 25.1 Å². The molecule has 3 rings (SSSR count). The zero-order valence-electron chi connectivity index (χ0n) is 13.4. The van der Waals surface area contributed by atoms with Gasteiger partial charge in [0.1, 0.15) is 11.0 Å². The summed E-state index contributed by atoms with van der Waals surface area (Å²) >= 11 is 1.17. The van der Waals surface area contributed by atoms with Gasteiger partial charge < -0.3 is 15.1 Å². The molecule has 0 spiro atoms. The van der Waals surface area contributed by atoms with Gasteiger partial charge in [0.15, 0.2) is 5.17 Å². The van der Waals surface area contributed by atoms with Crippen molar-refractivity contribution in [1.82, 2.24) is 5.32 Å². The van der Waals surface area contributed by atoms with Gasteiger partial charge in [-0.15, -0.1) is 5.10 Å². The normalized spacial score (nSPS) is 19.2. The third-order valence-electron chi connectivity index (χ3n) is 3.33. The van der Waals surface area contributed by atoms with Crippen molar-refractivity contribution in [3.63, 3.8) is 0 Å². The van der Waals surface area contributed by atoms with Crippen LogP contribution >= 0.6 is 11.8 Å². The van der Waals surface area contributed by atoms with E-state index in [4.69, 9.17) is 4.42 Å². The summed E-state index contributed by atoms with van der Waals surface area (Å²) in [5.41, 5.74) is 1.74. The van der Waals surface area contributed by atoms with Crippen molar-refractivity contribution in [2.75, 3.05) is 5.32 Å². The minimum Gasteiger partial charge on any atom is -0.463 e. The van der Waals surface area contributed by atoms with Crippen LogP contribution in [0.15, 0.2) is 57.3 Å². The molecule has 1 aromatic carbocycles. The van der Waals surface area contributed by atoms with Crippen LogP contribution in [0.1, 0.15) is 17.7 Å². The quantitative estimate of drug-likeness (QED) is 0.650. The van der Waals surface area contributed by atoms with Crippen LogP contribution in [0, 0.1) is 6.92 Å². The minimum atomic E-state index is -0.563. The molecule has 2 N–H and O–H groups in total. The van der Waals surface area contributed by atoms with Gasteiger partial charge >= 0.3 is 0 Å². The number of hydrogen-bond acceptors (Lipinski definition) is 6. The number of amidine groups is 1. The van der Waals surface area contributed by atoms with E-state index < -0.39 is 5.25 Å². The molecule has 0 bridgehead atoms. The van der Waals surface area contributed by atoms with Gasteiger partial charge in [0, 0.05) is 12.1 Å². The molecule has 1 fully saturated rings. The Bertz CT molecular complexity index is 830. The summed E-state index contributed by atoms with van der Waals surface area (Å²) < 4.78 is 5.10. The van der Waals surface area contributed by atoms with Crippen LogP contribution in [0.5, 0.6) is 0 Å². The molecule has 25 heavy (non-hydrogen) atoms. The molecule has 2 heterocycles. The molecular weight excluding hydrogens is 340 g/mol. The molecule has 0 aliphatic carbocycles. The van der Waals surface area contributed by atoms with E-state index in [0.29, 0.717) is 11.4 Å². The van der Waals surface area contributed by atoms with Crippen molar-refractivity contribution < 1.29 is 14.0 Å². The molecule has 0 radical (unpaired) electrons. The Morgan fingerprint density at radius 2 is 2.28 bits per heavy atom. The summed E-state index contributed by atoms with van der Waals surface area (Å²) in [5.74, 6) is 0.0356. The number of hydrogen-bond donors (Lipinski definition) is 2. The predicted molar refractivity (Wildman–Crippen MR) is 97.7 cm³/mol. The molecule has 128 valence electrons. The number of amides is 2. The monoisotopic (exact) mass is 356 g/mol. The van der Waals surface area contributed by atoms with Gasteiger partial charge in [-0.3, -0.25) is 9.59 Å². The highest BCUT2D eigenvalue weighted by atomic mass is 32.2. The number of nitrogens with zero attached hydrogens (tertiary/aromatic N) is 2. The van der Waals surface area contributed by atoms with Crippen LogP contribution in [-0.4, -0.2) is 28.4 Å². The summed E-state index contributed by atoms with van der Waals surface area (Å²) in [7, 11) is 0. The van der Waals surface area contributed by atoms with E-state index in [0.717, 1.165) is 5.56 Å². The number of benzene rings is 1. The van der Waals surface area contributed by atoms with Gasteiger partial charge in [0.05, 0.1) is 12.5 Å². The van der Waals surface area contributed by atoms with Crippen molar-refractivity contribution in [3.05, 3.63) is 54.0 Å². The first-order valence-corrected chi connectivity index (χ1v) is 8.47. The first-order chi connectivity index (χ1) is 12.1. The lowest BCUT2D eigenvalue weighted by Crippen LogP contribution is -2.41. The maximum absolute atomic E-state index is 12.4. The second kappa shape index (κ2) is 7.80. The van der Waals surface area contributed by atoms with Crippen molar-refractivity contribution in [2.45, 2.75) is 18.6 Å². The van der Waals surface area contributed by atoms with Gasteiger partial charge in [-0.1, -0.05) is 23.9 Å². The van der Waals surface area contributed by atoms with Crippen LogP contribution in [0.25, 0.3) is 0 Å². The maximum atomic E-state index is 12.4. The van der Waals surface area contributed by atoms with Crippen LogP contribution < -0.4 is 10.6 Å². The Hall–Kier alpha value is -2.87. The second-order valence-corrected chi connectivity index (χ2v) is 6.57. The third kappa shape index (κ3) is 4.80. The summed E-state index contributed by atoms with van der Waals surface area (Å²) in [6, 6.07) is 10.9. The number of rotatable bonds is 4. The number of nitrogens with one attached hydrogen (secondary N) is 2. The average molecular weight is 356 g/mol. The number of thioether (sulfide) groups is 1. The standard InChI is InChI=1S/C17H16N4O3S/c1-11-4-2-5-12(8-11)19-16(23)14-9-15(22)20-17(25-14)21-18-10-13-6-3-7-24-13/h2-8,10,14H,9H2,1H3,(H,19,23)(H,20,21,22)/b18-10-/t14-/m1/s1. The zero-order chi connectivity index (χ0) is 17.6. The molecule has 2 aromatic rings. The molecule has 1 aliphatic rings. The largest absolute Gasteiger partial charge is 0.463 e. The highest BCUT2D eigenvalue weighted by molar-refractivity contribution is 8.15. The summed E-state index contributed by atoms with van der Waals surface area (Å²) in [5, 5.41) is 12.9. The van der Waals surface area contributed by atoms with E-state index >= 15 is 0 Å². The third-order valence-corrected chi connectivity index (χ3v) is 4.40. The molecular formula is C17H16N4O3S. The average Bonchev–Trinajstić information content (AvgIpc) is 3.08. The van der Waals surface area contributed by atoms with Crippen molar-refractivity contribution in [2.24, 2.45) is 10.2 Å². The Morgan fingerprint density at radius 3 is 3.04 bits per heavy atom. The highest BCUT2D eigenvalue weighted by Crippen LogP contribution is 2.22. The van der Waals surface area contributed by atoms with E-state index in [-0.39, 0.29) is 23.4 Å². The molecule has 7 nitrogen and oxygen atoms in total. The summed E-state index contributed by atoms with van der Waals surface area (Å²) in [4.78, 5) is 24.2. The number of furan rings is 1. The van der Waals surface area contributed by atoms with Gasteiger partial charge in [-0.25, -0.2) is 0 Å². The van der Waals surface area contributed by atoms with Crippen LogP contribution in [0.3, 0.4) is 0 Å². The fourth-order valence-electron chi connectivity index (χ4n) is 2.19. The van der Waals surface area contributed by atoms with E-state index in [1.54, 1.807) is 18.2 Å². The van der Waals surface area contributed by atoms with Gasteiger partial charge in [-0.05, 0) is 36.8 Å². The molecule has 1 saturated heterocycles. The van der Waals surface area contributed by atoms with Crippen molar-refractivity contribution in [1.29, 1.82) is 0 Å². The molecule has 2 amide bonds. The molecule has 1 aromatic heterocycles. The first kappa shape index (κ1) is 17.0. The Balaban J connectivity index is 1.65. The first-order valence-electron chi connectivity index (χ1n) is 7.59. The van der Waals surface area contributed by atoms with Crippen LogP contribution in [-0.2, 0) is 9.59 Å². The topological polar surface area (TPSA) is 96.1 Å². The number of anilines is 1. The molecule has 1 aliphatic heterocycles. The lowest BCUT2D eigenvalue weighted by Gasteiger charge is -2.21. The smallest absolute Gasteiger partial charge is 0.238 e. The van der Waals surface area contributed by atoms with Gasteiger partial charge in [0.25, 0.3) is 0 Å². The van der Waals surface area contributed by atoms with Crippen LogP contribution in [0.4, 0.5) is 5.69 Å². The van der Waals surface area contributed by atoms with Gasteiger partial charge in [-0.2, -0.15) is 5.10 Å².